The molecule has 29 heavy (non-hydrogen) atoms. The molecular formula is C22H20N6O. The van der Waals surface area contributed by atoms with Crippen molar-refractivity contribution in [3.05, 3.63) is 66.0 Å². The Bertz CT molecular complexity index is 1250. The van der Waals surface area contributed by atoms with Crippen molar-refractivity contribution in [1.29, 1.82) is 0 Å². The van der Waals surface area contributed by atoms with Crippen molar-refractivity contribution >= 4 is 45.6 Å². The highest BCUT2D eigenvalue weighted by Crippen LogP contribution is 2.32. The minimum absolute atomic E-state index is 0.000891. The molecule has 2 aromatic heterocycles. The number of nitrogens with one attached hydrogen (secondary N) is 3. The Hall–Kier alpha value is -3.87. The lowest BCUT2D eigenvalue weighted by Gasteiger charge is -2.19. The summed E-state index contributed by atoms with van der Waals surface area (Å²) in [4.78, 5) is 26.1. The lowest BCUT2D eigenvalue weighted by Crippen LogP contribution is -2.12. The second-order valence-electron chi connectivity index (χ2n) is 7.20. The molecule has 0 aliphatic carbocycles. The maximum Gasteiger partial charge on any atom is 0.229 e. The van der Waals surface area contributed by atoms with Crippen molar-refractivity contribution in [2.24, 2.45) is 0 Å². The van der Waals surface area contributed by atoms with Gasteiger partial charge in [0.2, 0.25) is 11.9 Å². The van der Waals surface area contributed by atoms with Gasteiger partial charge in [0.15, 0.2) is 0 Å². The maximum atomic E-state index is 11.7. The van der Waals surface area contributed by atoms with Crippen LogP contribution in [0.3, 0.4) is 0 Å². The molecule has 0 radical (unpaired) electrons. The molecule has 3 N–H and O–H groups in total. The van der Waals surface area contributed by atoms with Crippen LogP contribution in [0.2, 0.25) is 0 Å². The van der Waals surface area contributed by atoms with E-state index < -0.39 is 0 Å². The topological polar surface area (TPSA) is 85.9 Å². The monoisotopic (exact) mass is 384 g/mol. The van der Waals surface area contributed by atoms with Crippen LogP contribution in [-0.2, 0) is 11.2 Å². The minimum Gasteiger partial charge on any atom is -0.359 e. The number of aromatic nitrogens is 3. The quantitative estimate of drug-likeness (QED) is 0.489. The molecule has 0 atom stereocenters. The first-order chi connectivity index (χ1) is 14.1. The van der Waals surface area contributed by atoms with E-state index in [0.29, 0.717) is 12.4 Å². The molecule has 0 fully saturated rings. The second kappa shape index (κ2) is 6.63. The predicted octanol–water partition coefficient (Wildman–Crippen LogP) is 4.27. The SMILES string of the molecule is Cc1cc2cc(N(C)c3ccnc(Nc4cccc5c4CC(=O)N5)n3)ccc2[nH]1. The fraction of sp³-hybridized carbons (Fsp3) is 0.136. The summed E-state index contributed by atoms with van der Waals surface area (Å²) in [5.41, 5.74) is 5.90. The standard InChI is InChI=1S/C22H20N6O/c1-13-10-14-11-15(6-7-17(14)24-13)28(2)20-8-9-23-22(27-20)26-19-5-3-4-18-16(19)12-21(29)25-18/h3-11,24H,12H2,1-2H3,(H,25,29)(H,23,26,27). The summed E-state index contributed by atoms with van der Waals surface area (Å²) < 4.78 is 0. The number of nitrogens with zero attached hydrogens (tertiary/aromatic N) is 3. The Balaban J connectivity index is 1.44. The molecule has 5 rings (SSSR count). The van der Waals surface area contributed by atoms with Gasteiger partial charge >= 0.3 is 0 Å². The zero-order chi connectivity index (χ0) is 20.0. The Labute approximate surface area is 167 Å². The van der Waals surface area contributed by atoms with Crippen molar-refractivity contribution in [3.8, 4) is 0 Å². The van der Waals surface area contributed by atoms with Gasteiger partial charge in [0.05, 0.1) is 6.42 Å². The summed E-state index contributed by atoms with van der Waals surface area (Å²) >= 11 is 0. The Morgan fingerprint density at radius 1 is 1.14 bits per heavy atom. The van der Waals surface area contributed by atoms with Gasteiger partial charge in [-0.25, -0.2) is 4.98 Å². The van der Waals surface area contributed by atoms with Crippen molar-refractivity contribution in [2.75, 3.05) is 22.6 Å². The van der Waals surface area contributed by atoms with Crippen LogP contribution in [0.15, 0.2) is 54.7 Å². The number of carbonyl (C=O) groups excluding carboxylic acids is 1. The highest BCUT2D eigenvalue weighted by atomic mass is 16.1. The van der Waals surface area contributed by atoms with Crippen LogP contribution in [0.1, 0.15) is 11.3 Å². The third-order valence-corrected chi connectivity index (χ3v) is 5.14. The number of fused-ring (bicyclic) bond motifs is 2. The van der Waals surface area contributed by atoms with Crippen LogP contribution in [-0.4, -0.2) is 27.9 Å². The van der Waals surface area contributed by atoms with E-state index >= 15 is 0 Å². The zero-order valence-electron chi connectivity index (χ0n) is 16.2. The fourth-order valence-corrected chi connectivity index (χ4v) is 3.69. The summed E-state index contributed by atoms with van der Waals surface area (Å²) in [7, 11) is 1.98. The number of amides is 1. The maximum absolute atomic E-state index is 11.7. The van der Waals surface area contributed by atoms with Crippen molar-refractivity contribution < 1.29 is 4.79 Å². The van der Waals surface area contributed by atoms with Crippen molar-refractivity contribution in [2.45, 2.75) is 13.3 Å². The third-order valence-electron chi connectivity index (χ3n) is 5.14. The smallest absolute Gasteiger partial charge is 0.229 e. The normalized spacial score (nSPS) is 12.7. The molecule has 0 unspecified atom stereocenters. The summed E-state index contributed by atoms with van der Waals surface area (Å²) in [6.07, 6.45) is 2.08. The molecule has 1 amide bonds. The summed E-state index contributed by atoms with van der Waals surface area (Å²) in [5.74, 6) is 1.26. The lowest BCUT2D eigenvalue weighted by molar-refractivity contribution is -0.115. The summed E-state index contributed by atoms with van der Waals surface area (Å²) in [6, 6.07) is 16.0. The Morgan fingerprint density at radius 3 is 2.93 bits per heavy atom. The molecule has 7 nitrogen and oxygen atoms in total. The Morgan fingerprint density at radius 2 is 2.03 bits per heavy atom. The van der Waals surface area contributed by atoms with Gasteiger partial charge in [-0.2, -0.15) is 4.98 Å². The highest BCUT2D eigenvalue weighted by Gasteiger charge is 2.21. The van der Waals surface area contributed by atoms with Crippen molar-refractivity contribution in [1.82, 2.24) is 15.0 Å². The van der Waals surface area contributed by atoms with E-state index in [1.807, 2.05) is 36.2 Å². The van der Waals surface area contributed by atoms with Gasteiger partial charge in [-0.1, -0.05) is 6.07 Å². The van der Waals surface area contributed by atoms with Crippen LogP contribution in [0.4, 0.5) is 28.8 Å². The molecule has 7 heteroatoms. The molecule has 1 aliphatic heterocycles. The number of anilines is 5. The molecule has 0 bridgehead atoms. The molecule has 2 aromatic carbocycles. The third kappa shape index (κ3) is 3.16. The van der Waals surface area contributed by atoms with Gasteiger partial charge in [-0.05, 0) is 49.4 Å². The zero-order valence-corrected chi connectivity index (χ0v) is 16.2. The van der Waals surface area contributed by atoms with E-state index in [-0.39, 0.29) is 5.91 Å². The molecule has 0 spiro atoms. The summed E-state index contributed by atoms with van der Waals surface area (Å²) in [5, 5.41) is 7.28. The van der Waals surface area contributed by atoms with Gasteiger partial charge in [-0.3, -0.25) is 4.79 Å². The van der Waals surface area contributed by atoms with Gasteiger partial charge in [0, 0.05) is 52.5 Å². The molecule has 144 valence electrons. The average molecular weight is 384 g/mol. The van der Waals surface area contributed by atoms with Crippen LogP contribution in [0.25, 0.3) is 10.9 Å². The number of aromatic amines is 1. The van der Waals surface area contributed by atoms with Gasteiger partial charge in [0.1, 0.15) is 5.82 Å². The first-order valence-electron chi connectivity index (χ1n) is 9.42. The largest absolute Gasteiger partial charge is 0.359 e. The predicted molar refractivity (Wildman–Crippen MR) is 115 cm³/mol. The van der Waals surface area contributed by atoms with E-state index in [0.717, 1.165) is 45.0 Å². The number of benzene rings is 2. The molecule has 1 aliphatic rings. The van der Waals surface area contributed by atoms with E-state index in [9.17, 15) is 4.79 Å². The first-order valence-corrected chi connectivity index (χ1v) is 9.42. The Kier molecular flexibility index (Phi) is 3.94. The molecular weight excluding hydrogens is 364 g/mol. The van der Waals surface area contributed by atoms with Gasteiger partial charge in [-0.15, -0.1) is 0 Å². The molecule has 0 saturated heterocycles. The van der Waals surface area contributed by atoms with Crippen LogP contribution < -0.4 is 15.5 Å². The lowest BCUT2D eigenvalue weighted by atomic mass is 10.1. The van der Waals surface area contributed by atoms with E-state index in [4.69, 9.17) is 0 Å². The van der Waals surface area contributed by atoms with Crippen LogP contribution in [0.5, 0.6) is 0 Å². The molecule has 0 saturated carbocycles. The number of hydrogen-bond donors (Lipinski definition) is 3. The van der Waals surface area contributed by atoms with Gasteiger partial charge in [0.25, 0.3) is 0 Å². The minimum atomic E-state index is -0.000891. The van der Waals surface area contributed by atoms with Gasteiger partial charge < -0.3 is 20.5 Å². The first kappa shape index (κ1) is 17.2. The number of hydrogen-bond acceptors (Lipinski definition) is 5. The van der Waals surface area contributed by atoms with Crippen molar-refractivity contribution in [3.63, 3.8) is 0 Å². The van der Waals surface area contributed by atoms with Crippen LogP contribution in [0, 0.1) is 6.92 Å². The van der Waals surface area contributed by atoms with Crippen LogP contribution >= 0.6 is 0 Å². The van der Waals surface area contributed by atoms with E-state index in [2.05, 4.69) is 56.8 Å². The fourth-order valence-electron chi connectivity index (χ4n) is 3.69. The average Bonchev–Trinajstić information content (AvgIpc) is 3.28. The van der Waals surface area contributed by atoms with E-state index in [1.165, 1.54) is 0 Å². The molecule has 4 aromatic rings. The number of H-pyrrole nitrogens is 1. The number of aryl methyl sites for hydroxylation is 1. The second-order valence-corrected chi connectivity index (χ2v) is 7.20. The summed E-state index contributed by atoms with van der Waals surface area (Å²) in [6.45, 7) is 2.05. The highest BCUT2D eigenvalue weighted by molar-refractivity contribution is 6.01. The number of rotatable bonds is 4. The molecule has 3 heterocycles. The van der Waals surface area contributed by atoms with E-state index in [1.54, 1.807) is 6.20 Å². The number of carbonyl (C=O) groups is 1.